The summed E-state index contributed by atoms with van der Waals surface area (Å²) in [7, 11) is 1.86. The van der Waals surface area contributed by atoms with Gasteiger partial charge in [0.2, 0.25) is 0 Å². The molecule has 0 radical (unpaired) electrons. The Hall–Kier alpha value is -2.37. The number of hydrogen-bond acceptors (Lipinski definition) is 3. The van der Waals surface area contributed by atoms with E-state index in [0.29, 0.717) is 6.61 Å². The van der Waals surface area contributed by atoms with Crippen molar-refractivity contribution in [2.45, 2.75) is 31.0 Å². The van der Waals surface area contributed by atoms with Gasteiger partial charge >= 0.3 is 0 Å². The average molecular weight is 394 g/mol. The predicted molar refractivity (Wildman–Crippen MR) is 116 cm³/mol. The summed E-state index contributed by atoms with van der Waals surface area (Å²) in [6.45, 7) is 4.04. The molecular formula is C24H31N3O2. The average Bonchev–Trinajstić information content (AvgIpc) is 3.33. The molecule has 2 heterocycles. The smallest absolute Gasteiger partial charge is 0.193 e. The second kappa shape index (κ2) is 9.90. The fourth-order valence-electron chi connectivity index (χ4n) is 4.31. The molecule has 2 atom stereocenters. The Bertz CT molecular complexity index is 736. The Morgan fingerprint density at radius 3 is 2.24 bits per heavy atom. The molecular weight excluding hydrogens is 362 g/mol. The first-order chi connectivity index (χ1) is 14.3. The van der Waals surface area contributed by atoms with Crippen LogP contribution in [0.2, 0.25) is 0 Å². The highest BCUT2D eigenvalue weighted by Crippen LogP contribution is 2.24. The third-order valence-electron chi connectivity index (χ3n) is 5.85. The molecule has 1 N–H and O–H groups in total. The number of aliphatic imine (C=N–C) groups is 1. The van der Waals surface area contributed by atoms with E-state index in [1.54, 1.807) is 0 Å². The Balaban J connectivity index is 1.44. The van der Waals surface area contributed by atoms with Crippen molar-refractivity contribution in [3.63, 3.8) is 0 Å². The second-order valence-corrected chi connectivity index (χ2v) is 7.71. The molecule has 0 saturated carbocycles. The van der Waals surface area contributed by atoms with E-state index in [1.807, 2.05) is 7.05 Å². The van der Waals surface area contributed by atoms with Gasteiger partial charge in [0.15, 0.2) is 5.96 Å². The second-order valence-electron chi connectivity index (χ2n) is 7.71. The highest BCUT2D eigenvalue weighted by Gasteiger charge is 2.32. The maximum Gasteiger partial charge on any atom is 0.193 e. The molecule has 4 rings (SSSR count). The van der Waals surface area contributed by atoms with Crippen LogP contribution in [0, 0.1) is 0 Å². The van der Waals surface area contributed by atoms with Crippen molar-refractivity contribution in [2.24, 2.45) is 4.99 Å². The summed E-state index contributed by atoms with van der Waals surface area (Å²) in [6, 6.07) is 21.3. The number of guanidine groups is 1. The van der Waals surface area contributed by atoms with E-state index in [9.17, 15) is 0 Å². The predicted octanol–water partition coefficient (Wildman–Crippen LogP) is 3.27. The molecule has 2 aromatic carbocycles. The van der Waals surface area contributed by atoms with E-state index in [4.69, 9.17) is 9.47 Å². The minimum Gasteiger partial charge on any atom is -0.375 e. The van der Waals surface area contributed by atoms with Gasteiger partial charge in [0.1, 0.15) is 6.10 Å². The van der Waals surface area contributed by atoms with E-state index in [1.165, 1.54) is 11.1 Å². The van der Waals surface area contributed by atoms with Crippen LogP contribution in [0.1, 0.15) is 29.9 Å². The summed E-state index contributed by atoms with van der Waals surface area (Å²) >= 11 is 0. The summed E-state index contributed by atoms with van der Waals surface area (Å²) < 4.78 is 11.9. The number of nitrogens with one attached hydrogen (secondary N) is 1. The third kappa shape index (κ3) is 4.98. The molecule has 5 nitrogen and oxygen atoms in total. The monoisotopic (exact) mass is 393 g/mol. The maximum absolute atomic E-state index is 6.00. The summed E-state index contributed by atoms with van der Waals surface area (Å²) in [5.74, 6) is 1.21. The quantitative estimate of drug-likeness (QED) is 0.626. The van der Waals surface area contributed by atoms with Gasteiger partial charge in [-0.25, -0.2) is 0 Å². The lowest BCUT2D eigenvalue weighted by Crippen LogP contribution is -2.53. The fraction of sp³-hybridized carbons (Fsp3) is 0.458. The van der Waals surface area contributed by atoms with Crippen molar-refractivity contribution in [3.8, 4) is 0 Å². The Morgan fingerprint density at radius 2 is 1.66 bits per heavy atom. The Morgan fingerprint density at radius 1 is 1.00 bits per heavy atom. The van der Waals surface area contributed by atoms with Crippen molar-refractivity contribution < 1.29 is 9.47 Å². The van der Waals surface area contributed by atoms with Gasteiger partial charge in [-0.3, -0.25) is 4.99 Å². The minimum absolute atomic E-state index is 0.129. The topological polar surface area (TPSA) is 46.1 Å². The van der Waals surface area contributed by atoms with E-state index in [-0.39, 0.29) is 18.1 Å². The first kappa shape index (κ1) is 19.9. The highest BCUT2D eigenvalue weighted by molar-refractivity contribution is 5.80. The molecule has 0 bridgehead atoms. The van der Waals surface area contributed by atoms with Crippen molar-refractivity contribution in [2.75, 3.05) is 39.9 Å². The Kier molecular flexibility index (Phi) is 6.80. The zero-order chi connectivity index (χ0) is 19.9. The molecule has 0 spiro atoms. The molecule has 2 aromatic rings. The van der Waals surface area contributed by atoms with Crippen LogP contribution in [0.25, 0.3) is 0 Å². The van der Waals surface area contributed by atoms with Crippen LogP contribution < -0.4 is 5.32 Å². The van der Waals surface area contributed by atoms with E-state index < -0.39 is 0 Å². The van der Waals surface area contributed by atoms with Crippen molar-refractivity contribution in [1.29, 1.82) is 0 Å². The summed E-state index contributed by atoms with van der Waals surface area (Å²) in [4.78, 5) is 6.88. The maximum atomic E-state index is 6.00. The fourth-order valence-corrected chi connectivity index (χ4v) is 4.31. The van der Waals surface area contributed by atoms with Gasteiger partial charge in [-0.05, 0) is 24.0 Å². The first-order valence-corrected chi connectivity index (χ1v) is 10.6. The van der Waals surface area contributed by atoms with Crippen molar-refractivity contribution in [1.82, 2.24) is 10.2 Å². The SMILES string of the molecule is CN=C(NCC(c1ccccc1)c1ccccc1)N1CCOC(C2CCCO2)C1. The molecule has 5 heteroatoms. The van der Waals surface area contributed by atoms with Gasteiger partial charge in [0, 0.05) is 39.2 Å². The van der Waals surface area contributed by atoms with Crippen LogP contribution in [-0.4, -0.2) is 63.0 Å². The first-order valence-electron chi connectivity index (χ1n) is 10.6. The number of morpholine rings is 1. The lowest BCUT2D eigenvalue weighted by molar-refractivity contribution is -0.0816. The van der Waals surface area contributed by atoms with Crippen LogP contribution in [0.4, 0.5) is 0 Å². The standard InChI is InChI=1S/C24H31N3O2/c1-25-24(27-14-16-29-23(18-27)22-13-8-15-28-22)26-17-21(19-9-4-2-5-10-19)20-11-6-3-7-12-20/h2-7,9-12,21-23H,8,13-18H2,1H3,(H,25,26). The molecule has 2 unspecified atom stereocenters. The number of rotatable bonds is 5. The van der Waals surface area contributed by atoms with Gasteiger partial charge < -0.3 is 19.7 Å². The highest BCUT2D eigenvalue weighted by atomic mass is 16.5. The van der Waals surface area contributed by atoms with Crippen LogP contribution >= 0.6 is 0 Å². The molecule has 2 aliphatic rings. The Labute approximate surface area is 173 Å². The molecule has 0 aromatic heterocycles. The third-order valence-corrected chi connectivity index (χ3v) is 5.85. The van der Waals surface area contributed by atoms with Crippen LogP contribution in [0.5, 0.6) is 0 Å². The van der Waals surface area contributed by atoms with E-state index >= 15 is 0 Å². The molecule has 29 heavy (non-hydrogen) atoms. The van der Waals surface area contributed by atoms with Crippen LogP contribution in [0.3, 0.4) is 0 Å². The zero-order valence-corrected chi connectivity index (χ0v) is 17.2. The van der Waals surface area contributed by atoms with Gasteiger partial charge in [-0.2, -0.15) is 0 Å². The number of hydrogen-bond donors (Lipinski definition) is 1. The molecule has 2 aliphatic heterocycles. The van der Waals surface area contributed by atoms with Crippen LogP contribution in [-0.2, 0) is 9.47 Å². The van der Waals surface area contributed by atoms with Crippen molar-refractivity contribution >= 4 is 5.96 Å². The summed E-state index contributed by atoms with van der Waals surface area (Å²) in [6.07, 6.45) is 2.57. The normalized spacial score (nSPS) is 22.8. The molecule has 2 fully saturated rings. The van der Waals surface area contributed by atoms with Gasteiger partial charge in [-0.15, -0.1) is 0 Å². The lowest BCUT2D eigenvalue weighted by atomic mass is 9.91. The largest absolute Gasteiger partial charge is 0.375 e. The number of benzene rings is 2. The van der Waals surface area contributed by atoms with Gasteiger partial charge in [-0.1, -0.05) is 60.7 Å². The number of nitrogens with zero attached hydrogens (tertiary/aromatic N) is 2. The summed E-state index contributed by atoms with van der Waals surface area (Å²) in [5, 5.41) is 3.63. The minimum atomic E-state index is 0.129. The summed E-state index contributed by atoms with van der Waals surface area (Å²) in [5.41, 5.74) is 2.61. The van der Waals surface area contributed by atoms with Gasteiger partial charge in [0.05, 0.1) is 12.7 Å². The molecule has 0 aliphatic carbocycles. The lowest BCUT2D eigenvalue weighted by Gasteiger charge is -2.37. The molecule has 154 valence electrons. The van der Waals surface area contributed by atoms with Crippen LogP contribution in [0.15, 0.2) is 65.7 Å². The van der Waals surface area contributed by atoms with E-state index in [2.05, 4.69) is 75.9 Å². The van der Waals surface area contributed by atoms with E-state index in [0.717, 1.165) is 45.0 Å². The molecule has 2 saturated heterocycles. The van der Waals surface area contributed by atoms with Gasteiger partial charge in [0.25, 0.3) is 0 Å². The zero-order valence-electron chi connectivity index (χ0n) is 17.2. The number of ether oxygens (including phenoxy) is 2. The van der Waals surface area contributed by atoms with Crippen molar-refractivity contribution in [3.05, 3.63) is 71.8 Å². The molecule has 0 amide bonds.